The van der Waals surface area contributed by atoms with Crippen LogP contribution in [0.3, 0.4) is 0 Å². The summed E-state index contributed by atoms with van der Waals surface area (Å²) in [5.74, 6) is -5.22. The Bertz CT molecular complexity index is 409. The highest BCUT2D eigenvalue weighted by Crippen LogP contribution is 2.32. The Labute approximate surface area is 96.3 Å². The zero-order chi connectivity index (χ0) is 11.7. The van der Waals surface area contributed by atoms with Crippen molar-refractivity contribution < 1.29 is 18.0 Å². The van der Waals surface area contributed by atoms with Crippen molar-refractivity contribution in [2.75, 3.05) is 6.54 Å². The topological polar surface area (TPSA) is 43.1 Å². The predicted molar refractivity (Wildman–Crippen MR) is 52.4 cm³/mol. The fourth-order valence-electron chi connectivity index (χ4n) is 0.952. The molecule has 1 aromatic rings. The van der Waals surface area contributed by atoms with Crippen LogP contribution < -0.4 is 5.73 Å². The van der Waals surface area contributed by atoms with E-state index in [1.807, 2.05) is 0 Å². The third-order valence-electron chi connectivity index (χ3n) is 1.67. The smallest absolute Gasteiger partial charge is 0.181 e. The summed E-state index contributed by atoms with van der Waals surface area (Å²) in [5.41, 5.74) is 4.09. The third kappa shape index (κ3) is 2.02. The van der Waals surface area contributed by atoms with E-state index in [4.69, 9.17) is 17.3 Å². The molecule has 2 nitrogen and oxygen atoms in total. The van der Waals surface area contributed by atoms with Crippen LogP contribution >= 0.6 is 27.5 Å². The largest absolute Gasteiger partial charge is 0.324 e. The monoisotopic (exact) mass is 301 g/mol. The number of nitrogens with two attached hydrogens (primary N) is 1. The molecule has 0 bridgehead atoms. The number of ketones is 1. The first-order valence-electron chi connectivity index (χ1n) is 3.66. The number of hydrogen-bond acceptors (Lipinski definition) is 2. The van der Waals surface area contributed by atoms with Gasteiger partial charge in [0.1, 0.15) is 0 Å². The highest BCUT2D eigenvalue weighted by molar-refractivity contribution is 9.10. The Hall–Kier alpha value is -0.590. The SMILES string of the molecule is NCC(=O)c1c(F)c(F)c(Br)c(F)c1Cl. The van der Waals surface area contributed by atoms with Crippen LogP contribution in [0.1, 0.15) is 10.4 Å². The first-order valence-corrected chi connectivity index (χ1v) is 4.83. The number of halogens is 5. The molecule has 1 aromatic carbocycles. The average Bonchev–Trinajstić information content (AvgIpc) is 2.23. The van der Waals surface area contributed by atoms with Crippen LogP contribution in [0, 0.1) is 17.5 Å². The molecule has 0 fully saturated rings. The third-order valence-corrected chi connectivity index (χ3v) is 2.73. The van der Waals surface area contributed by atoms with Crippen LogP contribution in [-0.2, 0) is 0 Å². The van der Waals surface area contributed by atoms with Crippen molar-refractivity contribution in [1.29, 1.82) is 0 Å². The second-order valence-electron chi connectivity index (χ2n) is 2.57. The maximum absolute atomic E-state index is 13.2. The highest BCUT2D eigenvalue weighted by Gasteiger charge is 2.26. The van der Waals surface area contributed by atoms with Gasteiger partial charge in [0.05, 0.1) is 21.6 Å². The number of rotatable bonds is 2. The van der Waals surface area contributed by atoms with Gasteiger partial charge in [-0.2, -0.15) is 0 Å². The molecule has 82 valence electrons. The molecule has 0 atom stereocenters. The first kappa shape index (κ1) is 12.5. The van der Waals surface area contributed by atoms with Gasteiger partial charge in [0.15, 0.2) is 23.2 Å². The molecular weight excluding hydrogens is 298 g/mol. The molecule has 0 saturated heterocycles. The van der Waals surface area contributed by atoms with Gasteiger partial charge >= 0.3 is 0 Å². The predicted octanol–water partition coefficient (Wildman–Crippen LogP) is 2.66. The molecule has 0 saturated carbocycles. The second-order valence-corrected chi connectivity index (χ2v) is 3.74. The lowest BCUT2D eigenvalue weighted by Gasteiger charge is -2.07. The van der Waals surface area contributed by atoms with Crippen LogP contribution in [0.5, 0.6) is 0 Å². The number of Topliss-reactive ketones (excluding diaryl/α,β-unsaturated/α-hetero) is 1. The van der Waals surface area contributed by atoms with Crippen LogP contribution in [0.4, 0.5) is 13.2 Å². The van der Waals surface area contributed by atoms with Crippen molar-refractivity contribution in [3.8, 4) is 0 Å². The van der Waals surface area contributed by atoms with E-state index in [0.29, 0.717) is 0 Å². The first-order chi connectivity index (χ1) is 6.91. The van der Waals surface area contributed by atoms with Crippen LogP contribution in [-0.4, -0.2) is 12.3 Å². The molecule has 0 amide bonds. The lowest BCUT2D eigenvalue weighted by molar-refractivity contribution is 0.0996. The Morgan fingerprint density at radius 2 is 1.80 bits per heavy atom. The molecule has 0 aliphatic heterocycles. The average molecular weight is 302 g/mol. The Balaban J connectivity index is 3.60. The molecule has 2 N–H and O–H groups in total. The Morgan fingerprint density at radius 3 is 2.27 bits per heavy atom. The van der Waals surface area contributed by atoms with Crippen LogP contribution in [0.25, 0.3) is 0 Å². The van der Waals surface area contributed by atoms with Gasteiger partial charge in [0, 0.05) is 0 Å². The molecule has 0 heterocycles. The molecule has 0 unspecified atom stereocenters. The molecule has 1 rings (SSSR count). The maximum Gasteiger partial charge on any atom is 0.181 e. The van der Waals surface area contributed by atoms with Gasteiger partial charge in [0.2, 0.25) is 0 Å². The summed E-state index contributed by atoms with van der Waals surface area (Å²) in [5, 5.41) is -0.781. The quantitative estimate of drug-likeness (QED) is 0.518. The summed E-state index contributed by atoms with van der Waals surface area (Å²) in [4.78, 5) is 11.1. The lowest BCUT2D eigenvalue weighted by Crippen LogP contribution is -2.17. The zero-order valence-electron chi connectivity index (χ0n) is 7.08. The van der Waals surface area contributed by atoms with E-state index in [2.05, 4.69) is 15.9 Å². The van der Waals surface area contributed by atoms with E-state index in [-0.39, 0.29) is 0 Å². The van der Waals surface area contributed by atoms with Gasteiger partial charge in [-0.15, -0.1) is 0 Å². The number of carbonyl (C=O) groups excluding carboxylic acids is 1. The van der Waals surface area contributed by atoms with Crippen LogP contribution in [0.2, 0.25) is 5.02 Å². The Kier molecular flexibility index (Phi) is 3.75. The molecule has 0 aromatic heterocycles. The summed E-state index contributed by atoms with van der Waals surface area (Å²) in [6.45, 7) is -0.586. The van der Waals surface area contributed by atoms with E-state index in [1.165, 1.54) is 0 Å². The molecule has 0 radical (unpaired) electrons. The number of carbonyl (C=O) groups is 1. The zero-order valence-corrected chi connectivity index (χ0v) is 9.42. The van der Waals surface area contributed by atoms with Gasteiger partial charge in [-0.05, 0) is 15.9 Å². The minimum absolute atomic E-state index is 0.586. The van der Waals surface area contributed by atoms with Crippen molar-refractivity contribution >= 4 is 33.3 Å². The molecule has 0 aliphatic rings. The van der Waals surface area contributed by atoms with Crippen molar-refractivity contribution in [2.24, 2.45) is 5.73 Å². The normalized spacial score (nSPS) is 10.5. The van der Waals surface area contributed by atoms with E-state index in [1.54, 1.807) is 0 Å². The van der Waals surface area contributed by atoms with Gasteiger partial charge < -0.3 is 5.73 Å². The minimum Gasteiger partial charge on any atom is -0.324 e. The summed E-state index contributed by atoms with van der Waals surface area (Å²) < 4.78 is 38.6. The summed E-state index contributed by atoms with van der Waals surface area (Å²) in [6, 6.07) is 0. The van der Waals surface area contributed by atoms with Crippen molar-refractivity contribution in [3.63, 3.8) is 0 Å². The van der Waals surface area contributed by atoms with E-state index >= 15 is 0 Å². The van der Waals surface area contributed by atoms with E-state index in [0.717, 1.165) is 0 Å². The van der Waals surface area contributed by atoms with Crippen molar-refractivity contribution in [3.05, 3.63) is 32.5 Å². The molecule has 0 spiro atoms. The van der Waals surface area contributed by atoms with E-state index in [9.17, 15) is 18.0 Å². The Morgan fingerprint density at radius 1 is 1.27 bits per heavy atom. The number of hydrogen-bond donors (Lipinski definition) is 1. The molecule has 15 heavy (non-hydrogen) atoms. The standard InChI is InChI=1S/C8H4BrClF3NO/c9-4-7(12)5(10)3(2(15)1-14)6(11)8(4)13/h1,14H2. The van der Waals surface area contributed by atoms with Crippen molar-refractivity contribution in [2.45, 2.75) is 0 Å². The summed E-state index contributed by atoms with van der Waals surface area (Å²) in [6.07, 6.45) is 0. The fraction of sp³-hybridized carbons (Fsp3) is 0.125. The summed E-state index contributed by atoms with van der Waals surface area (Å²) in [7, 11) is 0. The number of benzene rings is 1. The van der Waals surface area contributed by atoms with E-state index < -0.39 is 44.8 Å². The highest BCUT2D eigenvalue weighted by atomic mass is 79.9. The molecule has 7 heteroatoms. The maximum atomic E-state index is 13.2. The van der Waals surface area contributed by atoms with Gasteiger partial charge in [-0.3, -0.25) is 4.79 Å². The molecule has 0 aliphatic carbocycles. The van der Waals surface area contributed by atoms with Gasteiger partial charge in [0.25, 0.3) is 0 Å². The molecular formula is C8H4BrClF3NO. The van der Waals surface area contributed by atoms with Gasteiger partial charge in [-0.1, -0.05) is 11.6 Å². The van der Waals surface area contributed by atoms with Gasteiger partial charge in [-0.25, -0.2) is 13.2 Å². The summed E-state index contributed by atoms with van der Waals surface area (Å²) >= 11 is 7.83. The fourth-order valence-corrected chi connectivity index (χ4v) is 1.72. The van der Waals surface area contributed by atoms with Crippen molar-refractivity contribution in [1.82, 2.24) is 0 Å². The van der Waals surface area contributed by atoms with Crippen LogP contribution in [0.15, 0.2) is 4.47 Å². The second kappa shape index (κ2) is 4.51. The minimum atomic E-state index is -1.51. The lowest BCUT2D eigenvalue weighted by atomic mass is 10.1.